The number of nitrogens with zero attached hydrogens (tertiary/aromatic N) is 5. The Morgan fingerprint density at radius 1 is 1.10 bits per heavy atom. The van der Waals surface area contributed by atoms with Gasteiger partial charge in [0, 0.05) is 33.6 Å². The molecule has 5 aromatic rings. The Labute approximate surface area is 169 Å². The molecule has 3 heterocycles. The normalized spacial score (nSPS) is 11.0. The van der Waals surface area contributed by atoms with Gasteiger partial charge in [-0.3, -0.25) is 4.79 Å². The minimum absolute atomic E-state index is 0.0398. The highest BCUT2D eigenvalue weighted by Crippen LogP contribution is 2.30. The second kappa shape index (κ2) is 7.28. The number of para-hydroxylation sites is 1. The van der Waals surface area contributed by atoms with Crippen molar-refractivity contribution in [1.82, 2.24) is 30.2 Å². The van der Waals surface area contributed by atoms with Crippen LogP contribution >= 0.6 is 11.3 Å². The number of aromatic nitrogens is 6. The van der Waals surface area contributed by atoms with Crippen LogP contribution in [0.2, 0.25) is 0 Å². The first-order valence-electron chi connectivity index (χ1n) is 8.91. The SMILES string of the molecule is O=C(Cn1nnc(-c2ccccc2)n1)Nc1nc(-c2c[nH]c3ccccc23)cs1. The van der Waals surface area contributed by atoms with Gasteiger partial charge in [-0.05, 0) is 11.3 Å². The summed E-state index contributed by atoms with van der Waals surface area (Å²) in [5.74, 6) is 0.219. The number of thiazole rings is 1. The molecule has 29 heavy (non-hydrogen) atoms. The molecule has 142 valence electrons. The van der Waals surface area contributed by atoms with Gasteiger partial charge >= 0.3 is 0 Å². The first-order valence-corrected chi connectivity index (χ1v) is 9.79. The van der Waals surface area contributed by atoms with E-state index in [1.165, 1.54) is 16.1 Å². The van der Waals surface area contributed by atoms with E-state index in [4.69, 9.17) is 0 Å². The Kier molecular flexibility index (Phi) is 4.34. The molecule has 0 fully saturated rings. The maximum Gasteiger partial charge on any atom is 0.249 e. The zero-order valence-electron chi connectivity index (χ0n) is 15.1. The van der Waals surface area contributed by atoms with E-state index < -0.39 is 0 Å². The summed E-state index contributed by atoms with van der Waals surface area (Å²) in [4.78, 5) is 21.4. The number of tetrazole rings is 1. The molecule has 0 atom stereocenters. The molecule has 0 aliphatic rings. The van der Waals surface area contributed by atoms with E-state index in [2.05, 4.69) is 30.7 Å². The monoisotopic (exact) mass is 401 g/mol. The lowest BCUT2D eigenvalue weighted by molar-refractivity contribution is -0.117. The van der Waals surface area contributed by atoms with Gasteiger partial charge in [-0.2, -0.15) is 4.80 Å². The number of hydrogen-bond donors (Lipinski definition) is 2. The molecule has 1 amide bonds. The van der Waals surface area contributed by atoms with Crippen molar-refractivity contribution in [3.05, 3.63) is 66.2 Å². The highest BCUT2D eigenvalue weighted by molar-refractivity contribution is 7.14. The van der Waals surface area contributed by atoms with Crippen LogP contribution in [0.25, 0.3) is 33.5 Å². The molecule has 0 aliphatic heterocycles. The van der Waals surface area contributed by atoms with Gasteiger partial charge in [-0.25, -0.2) is 4.98 Å². The van der Waals surface area contributed by atoms with E-state index >= 15 is 0 Å². The number of fused-ring (bicyclic) bond motifs is 1. The quantitative estimate of drug-likeness (QED) is 0.469. The summed E-state index contributed by atoms with van der Waals surface area (Å²) in [6.07, 6.45) is 1.93. The third-order valence-corrected chi connectivity index (χ3v) is 5.14. The summed E-state index contributed by atoms with van der Waals surface area (Å²) in [5.41, 5.74) is 3.71. The van der Waals surface area contributed by atoms with Crippen LogP contribution in [0.3, 0.4) is 0 Å². The van der Waals surface area contributed by atoms with E-state index in [1.54, 1.807) is 0 Å². The topological polar surface area (TPSA) is 101 Å². The van der Waals surface area contributed by atoms with Crippen LogP contribution < -0.4 is 5.32 Å². The van der Waals surface area contributed by atoms with Crippen LogP contribution in [-0.2, 0) is 11.3 Å². The molecular formula is C20H15N7OS. The van der Waals surface area contributed by atoms with Crippen LogP contribution in [0.4, 0.5) is 5.13 Å². The fourth-order valence-corrected chi connectivity index (χ4v) is 3.77. The molecule has 0 spiro atoms. The standard InChI is InChI=1S/C20H15N7OS/c28-18(11-27-25-19(24-26-27)13-6-2-1-3-7-13)23-20-22-17(12-29-20)15-10-21-16-9-5-4-8-14(15)16/h1-10,12,21H,11H2,(H,22,23,28). The number of H-pyrrole nitrogens is 1. The first kappa shape index (κ1) is 17.3. The number of carbonyl (C=O) groups is 1. The van der Waals surface area contributed by atoms with E-state index in [0.717, 1.165) is 27.7 Å². The third kappa shape index (κ3) is 3.50. The molecule has 5 rings (SSSR count). The Balaban J connectivity index is 1.28. The highest BCUT2D eigenvalue weighted by atomic mass is 32.1. The molecule has 0 aliphatic carbocycles. The zero-order valence-corrected chi connectivity index (χ0v) is 15.9. The molecule has 3 aromatic heterocycles. The van der Waals surface area contributed by atoms with Crippen molar-refractivity contribution in [2.45, 2.75) is 6.54 Å². The predicted molar refractivity (Wildman–Crippen MR) is 111 cm³/mol. The molecule has 0 bridgehead atoms. The summed E-state index contributed by atoms with van der Waals surface area (Å²) in [6, 6.07) is 17.5. The summed E-state index contributed by atoms with van der Waals surface area (Å²) in [6.45, 7) is -0.0398. The molecule has 0 saturated carbocycles. The van der Waals surface area contributed by atoms with E-state index in [-0.39, 0.29) is 12.5 Å². The van der Waals surface area contributed by atoms with Crippen molar-refractivity contribution in [1.29, 1.82) is 0 Å². The maximum absolute atomic E-state index is 12.4. The minimum Gasteiger partial charge on any atom is -0.360 e. The van der Waals surface area contributed by atoms with Crippen molar-refractivity contribution in [3.63, 3.8) is 0 Å². The molecule has 2 N–H and O–H groups in total. The van der Waals surface area contributed by atoms with Crippen LogP contribution in [0, 0.1) is 0 Å². The van der Waals surface area contributed by atoms with Gasteiger partial charge in [-0.1, -0.05) is 48.5 Å². The average molecular weight is 401 g/mol. The number of benzene rings is 2. The first-order chi connectivity index (χ1) is 14.3. The summed E-state index contributed by atoms with van der Waals surface area (Å²) < 4.78 is 0. The largest absolute Gasteiger partial charge is 0.360 e. The Bertz CT molecular complexity index is 1290. The van der Waals surface area contributed by atoms with Crippen molar-refractivity contribution >= 4 is 33.3 Å². The molecule has 0 radical (unpaired) electrons. The van der Waals surface area contributed by atoms with Crippen LogP contribution in [0.5, 0.6) is 0 Å². The summed E-state index contributed by atoms with van der Waals surface area (Å²) in [5, 5.41) is 18.5. The highest BCUT2D eigenvalue weighted by Gasteiger charge is 2.13. The Morgan fingerprint density at radius 3 is 2.83 bits per heavy atom. The number of hydrogen-bond acceptors (Lipinski definition) is 6. The van der Waals surface area contributed by atoms with Crippen molar-refractivity contribution < 1.29 is 4.79 Å². The van der Waals surface area contributed by atoms with Gasteiger partial charge in [0.15, 0.2) is 5.13 Å². The number of nitrogens with one attached hydrogen (secondary N) is 2. The molecule has 0 unspecified atom stereocenters. The number of rotatable bonds is 5. The number of aromatic amines is 1. The van der Waals surface area contributed by atoms with Gasteiger partial charge in [-0.15, -0.1) is 21.5 Å². The van der Waals surface area contributed by atoms with Crippen molar-refractivity contribution in [3.8, 4) is 22.6 Å². The smallest absolute Gasteiger partial charge is 0.249 e. The van der Waals surface area contributed by atoms with Crippen molar-refractivity contribution in [2.75, 3.05) is 5.32 Å². The summed E-state index contributed by atoms with van der Waals surface area (Å²) in [7, 11) is 0. The Morgan fingerprint density at radius 2 is 1.93 bits per heavy atom. The lowest BCUT2D eigenvalue weighted by Crippen LogP contribution is -2.20. The zero-order chi connectivity index (χ0) is 19.6. The fraction of sp³-hybridized carbons (Fsp3) is 0.0500. The molecular weight excluding hydrogens is 386 g/mol. The third-order valence-electron chi connectivity index (χ3n) is 4.39. The van der Waals surface area contributed by atoms with Gasteiger partial charge in [0.25, 0.3) is 0 Å². The van der Waals surface area contributed by atoms with Crippen LogP contribution in [0.1, 0.15) is 0 Å². The minimum atomic E-state index is -0.262. The summed E-state index contributed by atoms with van der Waals surface area (Å²) >= 11 is 1.37. The molecule has 8 nitrogen and oxygen atoms in total. The average Bonchev–Trinajstić information content (AvgIpc) is 3.48. The lowest BCUT2D eigenvalue weighted by atomic mass is 10.1. The second-order valence-electron chi connectivity index (χ2n) is 6.34. The second-order valence-corrected chi connectivity index (χ2v) is 7.20. The number of amides is 1. The van der Waals surface area contributed by atoms with Crippen LogP contribution in [0.15, 0.2) is 66.2 Å². The number of anilines is 1. The predicted octanol–water partition coefficient (Wildman–Crippen LogP) is 3.58. The van der Waals surface area contributed by atoms with Gasteiger partial charge in [0.05, 0.1) is 5.69 Å². The number of carbonyl (C=O) groups excluding carboxylic acids is 1. The fourth-order valence-electron chi connectivity index (χ4n) is 3.04. The Hall–Kier alpha value is -3.85. The van der Waals surface area contributed by atoms with Gasteiger partial charge < -0.3 is 10.3 Å². The van der Waals surface area contributed by atoms with Crippen LogP contribution in [-0.4, -0.2) is 36.1 Å². The lowest BCUT2D eigenvalue weighted by Gasteiger charge is -2.00. The maximum atomic E-state index is 12.4. The van der Waals surface area contributed by atoms with E-state index in [1.807, 2.05) is 66.2 Å². The van der Waals surface area contributed by atoms with Crippen molar-refractivity contribution in [2.24, 2.45) is 0 Å². The molecule has 9 heteroatoms. The molecule has 2 aromatic carbocycles. The van der Waals surface area contributed by atoms with Gasteiger partial charge in [0.2, 0.25) is 11.7 Å². The van der Waals surface area contributed by atoms with Gasteiger partial charge in [0.1, 0.15) is 6.54 Å². The van der Waals surface area contributed by atoms with E-state index in [0.29, 0.717) is 11.0 Å². The molecule has 0 saturated heterocycles. The van der Waals surface area contributed by atoms with E-state index in [9.17, 15) is 4.79 Å².